The fraction of sp³-hybridized carbons (Fsp3) is 0.350. The number of aromatic nitrogens is 3. The number of fused-ring (bicyclic) bond motifs is 1. The Hall–Kier alpha value is -2.73. The minimum absolute atomic E-state index is 0.112. The van der Waals surface area contributed by atoms with Crippen LogP contribution >= 0.6 is 0 Å². The van der Waals surface area contributed by atoms with Crippen molar-refractivity contribution in [2.75, 3.05) is 26.7 Å². The summed E-state index contributed by atoms with van der Waals surface area (Å²) in [4.78, 5) is 19.2. The average molecular weight is 349 g/mol. The Morgan fingerprint density at radius 1 is 1.27 bits per heavy atom. The summed E-state index contributed by atoms with van der Waals surface area (Å²) in [6, 6.07) is 9.88. The summed E-state index contributed by atoms with van der Waals surface area (Å²) in [5.74, 6) is 0.435. The summed E-state index contributed by atoms with van der Waals surface area (Å²) in [5.41, 5.74) is 3.37. The molecule has 2 N–H and O–H groups in total. The summed E-state index contributed by atoms with van der Waals surface area (Å²) >= 11 is 0. The van der Waals surface area contributed by atoms with Crippen molar-refractivity contribution in [2.24, 2.45) is 5.92 Å². The smallest absolute Gasteiger partial charge is 0.272 e. The number of piperidine rings is 1. The molecule has 0 saturated carbocycles. The molecule has 26 heavy (non-hydrogen) atoms. The van der Waals surface area contributed by atoms with E-state index in [9.17, 15) is 4.79 Å². The van der Waals surface area contributed by atoms with Gasteiger partial charge in [-0.3, -0.25) is 14.9 Å². The Kier molecular flexibility index (Phi) is 4.67. The fourth-order valence-electron chi connectivity index (χ4n) is 3.49. The Morgan fingerprint density at radius 2 is 2.12 bits per heavy atom. The van der Waals surface area contributed by atoms with Crippen molar-refractivity contribution in [3.8, 4) is 11.1 Å². The number of carbonyl (C=O) groups excluding carboxylic acids is 1. The molecular formula is C20H23N5O. The molecule has 1 fully saturated rings. The van der Waals surface area contributed by atoms with E-state index in [1.54, 1.807) is 6.20 Å². The molecule has 1 aliphatic heterocycles. The minimum Gasteiger partial charge on any atom is -0.350 e. The zero-order valence-corrected chi connectivity index (χ0v) is 14.9. The van der Waals surface area contributed by atoms with Gasteiger partial charge >= 0.3 is 0 Å². The molecule has 0 bridgehead atoms. The lowest BCUT2D eigenvalue weighted by Crippen LogP contribution is -2.37. The molecule has 1 aromatic carbocycles. The Balaban J connectivity index is 1.51. The van der Waals surface area contributed by atoms with Crippen molar-refractivity contribution in [3.63, 3.8) is 0 Å². The van der Waals surface area contributed by atoms with Gasteiger partial charge < -0.3 is 10.2 Å². The van der Waals surface area contributed by atoms with Gasteiger partial charge in [0.2, 0.25) is 0 Å². The van der Waals surface area contributed by atoms with E-state index in [-0.39, 0.29) is 5.91 Å². The van der Waals surface area contributed by atoms with E-state index in [0.717, 1.165) is 48.0 Å². The van der Waals surface area contributed by atoms with Crippen molar-refractivity contribution < 1.29 is 4.79 Å². The number of likely N-dealkylation sites (tertiary alicyclic amines) is 1. The number of nitrogens with zero attached hydrogens (tertiary/aromatic N) is 3. The van der Waals surface area contributed by atoms with Crippen molar-refractivity contribution in [3.05, 3.63) is 48.4 Å². The van der Waals surface area contributed by atoms with Gasteiger partial charge in [-0.15, -0.1) is 0 Å². The van der Waals surface area contributed by atoms with E-state index in [1.165, 1.54) is 0 Å². The summed E-state index contributed by atoms with van der Waals surface area (Å²) in [6.45, 7) is 2.91. The number of aromatic amines is 1. The highest BCUT2D eigenvalue weighted by atomic mass is 16.1. The number of carbonyl (C=O) groups is 1. The number of benzene rings is 1. The maximum Gasteiger partial charge on any atom is 0.272 e. The number of nitrogens with one attached hydrogen (secondary N) is 2. The standard InChI is InChI=1S/C20H23N5O/c1-25-9-6-14(7-10-25)12-22-20(26)19-17-11-15(4-5-18(17)23-24-19)16-3-2-8-21-13-16/h2-5,8,11,13-14H,6-7,9-10,12H2,1H3,(H,22,26)(H,23,24). The van der Waals surface area contributed by atoms with Crippen LogP contribution in [0.25, 0.3) is 22.0 Å². The summed E-state index contributed by atoms with van der Waals surface area (Å²) in [6.07, 6.45) is 5.83. The van der Waals surface area contributed by atoms with Crippen LogP contribution in [0.4, 0.5) is 0 Å². The van der Waals surface area contributed by atoms with Gasteiger partial charge in [0.1, 0.15) is 0 Å². The van der Waals surface area contributed by atoms with E-state index >= 15 is 0 Å². The number of hydrogen-bond acceptors (Lipinski definition) is 4. The average Bonchev–Trinajstić information content (AvgIpc) is 3.11. The monoisotopic (exact) mass is 349 g/mol. The number of hydrogen-bond donors (Lipinski definition) is 2. The van der Waals surface area contributed by atoms with Gasteiger partial charge in [0.05, 0.1) is 5.52 Å². The Bertz CT molecular complexity index is 897. The molecule has 4 rings (SSSR count). The first kappa shape index (κ1) is 16.7. The second-order valence-corrected chi connectivity index (χ2v) is 7.03. The molecular weight excluding hydrogens is 326 g/mol. The zero-order chi connectivity index (χ0) is 17.9. The molecule has 0 atom stereocenters. The number of rotatable bonds is 4. The predicted molar refractivity (Wildman–Crippen MR) is 102 cm³/mol. The van der Waals surface area contributed by atoms with E-state index in [1.807, 2.05) is 36.5 Å². The zero-order valence-electron chi connectivity index (χ0n) is 14.9. The lowest BCUT2D eigenvalue weighted by atomic mass is 9.97. The third-order valence-corrected chi connectivity index (χ3v) is 5.16. The predicted octanol–water partition coefficient (Wildman–Crippen LogP) is 2.70. The summed E-state index contributed by atoms with van der Waals surface area (Å²) in [5, 5.41) is 11.1. The quantitative estimate of drug-likeness (QED) is 0.759. The first-order chi connectivity index (χ1) is 12.7. The molecule has 0 aliphatic carbocycles. The van der Waals surface area contributed by atoms with Crippen LogP contribution in [0.5, 0.6) is 0 Å². The van der Waals surface area contributed by atoms with Crippen LogP contribution in [-0.4, -0.2) is 52.7 Å². The van der Waals surface area contributed by atoms with Crippen LogP contribution in [0.3, 0.4) is 0 Å². The molecule has 1 saturated heterocycles. The molecule has 0 spiro atoms. The molecule has 1 amide bonds. The molecule has 3 heterocycles. The second kappa shape index (κ2) is 7.25. The minimum atomic E-state index is -0.112. The highest BCUT2D eigenvalue weighted by Gasteiger charge is 2.19. The van der Waals surface area contributed by atoms with Gasteiger partial charge in [-0.2, -0.15) is 5.10 Å². The number of H-pyrrole nitrogens is 1. The highest BCUT2D eigenvalue weighted by Crippen LogP contribution is 2.25. The summed E-state index contributed by atoms with van der Waals surface area (Å²) in [7, 11) is 2.14. The van der Waals surface area contributed by atoms with Gasteiger partial charge in [0, 0.05) is 29.9 Å². The molecule has 2 aromatic heterocycles. The molecule has 0 unspecified atom stereocenters. The molecule has 0 radical (unpaired) electrons. The number of pyridine rings is 1. The maximum absolute atomic E-state index is 12.7. The van der Waals surface area contributed by atoms with Gasteiger partial charge in [-0.1, -0.05) is 12.1 Å². The normalized spacial score (nSPS) is 16.0. The first-order valence-corrected chi connectivity index (χ1v) is 9.06. The lowest BCUT2D eigenvalue weighted by Gasteiger charge is -2.28. The van der Waals surface area contributed by atoms with Crippen LogP contribution in [0.1, 0.15) is 23.3 Å². The van der Waals surface area contributed by atoms with E-state index in [2.05, 4.69) is 32.4 Å². The molecule has 6 nitrogen and oxygen atoms in total. The van der Waals surface area contributed by atoms with Crippen molar-refractivity contribution >= 4 is 16.8 Å². The summed E-state index contributed by atoms with van der Waals surface area (Å²) < 4.78 is 0. The molecule has 134 valence electrons. The van der Waals surface area contributed by atoms with Crippen LogP contribution in [0.15, 0.2) is 42.7 Å². The van der Waals surface area contributed by atoms with Crippen molar-refractivity contribution in [1.29, 1.82) is 0 Å². The molecule has 3 aromatic rings. The van der Waals surface area contributed by atoms with Crippen molar-refractivity contribution in [1.82, 2.24) is 25.4 Å². The molecule has 1 aliphatic rings. The third kappa shape index (κ3) is 3.46. The second-order valence-electron chi connectivity index (χ2n) is 7.03. The maximum atomic E-state index is 12.7. The fourth-order valence-corrected chi connectivity index (χ4v) is 3.49. The topological polar surface area (TPSA) is 73.9 Å². The van der Waals surface area contributed by atoms with Crippen LogP contribution in [0, 0.1) is 5.92 Å². The van der Waals surface area contributed by atoms with Gasteiger partial charge in [-0.25, -0.2) is 0 Å². The van der Waals surface area contributed by atoms with Gasteiger partial charge in [0.15, 0.2) is 5.69 Å². The SMILES string of the molecule is CN1CCC(CNC(=O)c2n[nH]c3ccc(-c4cccnc4)cc23)CC1. The van der Waals surface area contributed by atoms with Crippen molar-refractivity contribution in [2.45, 2.75) is 12.8 Å². The van der Waals surface area contributed by atoms with Crippen LogP contribution < -0.4 is 5.32 Å². The van der Waals surface area contributed by atoms with Gasteiger partial charge in [-0.05, 0) is 62.7 Å². The first-order valence-electron chi connectivity index (χ1n) is 9.06. The Labute approximate surface area is 152 Å². The van der Waals surface area contributed by atoms with Crippen LogP contribution in [0.2, 0.25) is 0 Å². The van der Waals surface area contributed by atoms with E-state index in [4.69, 9.17) is 0 Å². The van der Waals surface area contributed by atoms with Gasteiger partial charge in [0.25, 0.3) is 5.91 Å². The number of amides is 1. The van der Waals surface area contributed by atoms with E-state index in [0.29, 0.717) is 18.2 Å². The van der Waals surface area contributed by atoms with E-state index < -0.39 is 0 Å². The third-order valence-electron chi connectivity index (χ3n) is 5.16. The molecule has 6 heteroatoms. The van der Waals surface area contributed by atoms with Crippen LogP contribution in [-0.2, 0) is 0 Å². The highest BCUT2D eigenvalue weighted by molar-refractivity contribution is 6.05. The largest absolute Gasteiger partial charge is 0.350 e. The Morgan fingerprint density at radius 3 is 2.88 bits per heavy atom. The lowest BCUT2D eigenvalue weighted by molar-refractivity contribution is 0.0935.